The number of phenols is 1. The molecular formula is C57H68FN11O8S. The molecule has 4 aliphatic heterocycles. The number of halogens is 1. The number of hydrogen-bond acceptors (Lipinski definition) is 18. The molecule has 2 unspecified atom stereocenters. The molecule has 5 aliphatic rings. The number of aromatic nitrogens is 5. The van der Waals surface area contributed by atoms with Crippen LogP contribution in [-0.2, 0) is 14.3 Å². The number of piperidine rings is 1. The summed E-state index contributed by atoms with van der Waals surface area (Å²) in [4.78, 5) is 46.3. The highest BCUT2D eigenvalue weighted by atomic mass is 32.1. The van der Waals surface area contributed by atoms with Gasteiger partial charge in [-0.1, -0.05) is 38.1 Å². The van der Waals surface area contributed by atoms with Gasteiger partial charge in [0.05, 0.1) is 51.8 Å². The molecule has 4 saturated heterocycles. The van der Waals surface area contributed by atoms with Crippen LogP contribution >= 0.6 is 11.3 Å². The minimum absolute atomic E-state index is 0.0222. The molecule has 19 nitrogen and oxygen atoms in total. The molecule has 6 atom stereocenters. The number of aromatic hydroxyl groups is 1. The van der Waals surface area contributed by atoms with E-state index >= 15 is 4.39 Å². The number of nitrogens with one attached hydrogen (secondary N) is 1. The SMILES string of the molecule is Cc1ncsc1-c1ccc([C@H](C)NC(=O)[C@@H]2C[C@@H](O)CN2C(=O)[C@@H](c2cc(OCCN3CCC(O[C@H]4C[C@H](Oc5cc(N6C7CCC6CN(c6cc(-c8ccccc8O)nnc6N)C7)ccn5)C4)CC3)no2)C(C)C)c(F)c1. The van der Waals surface area contributed by atoms with Crippen LogP contribution in [0.1, 0.15) is 94.7 Å². The largest absolute Gasteiger partial charge is 0.507 e. The number of phenolic OH excluding ortho intramolecular Hbond substituents is 1. The number of thiazole rings is 1. The Bertz CT molecular complexity index is 3080. The van der Waals surface area contributed by atoms with Crippen molar-refractivity contribution in [2.75, 3.05) is 61.4 Å². The lowest BCUT2D eigenvalue weighted by Crippen LogP contribution is -2.54. The van der Waals surface area contributed by atoms with Crippen molar-refractivity contribution < 1.29 is 42.9 Å². The number of nitrogens with two attached hydrogens (primary N) is 1. The third-order valence-electron chi connectivity index (χ3n) is 16.2. The molecule has 6 aromatic rings. The Hall–Kier alpha value is -6.94. The van der Waals surface area contributed by atoms with Gasteiger partial charge in [-0.2, -0.15) is 0 Å². The number of para-hydroxylation sites is 1. The van der Waals surface area contributed by atoms with Crippen molar-refractivity contribution in [3.63, 3.8) is 0 Å². The lowest BCUT2D eigenvalue weighted by atomic mass is 9.91. The molecule has 2 amide bonds. The number of pyridine rings is 1. The fraction of sp³-hybridized carbons (Fsp3) is 0.491. The van der Waals surface area contributed by atoms with Crippen molar-refractivity contribution in [3.8, 4) is 39.2 Å². The molecule has 0 spiro atoms. The lowest BCUT2D eigenvalue weighted by Gasteiger charge is -2.43. The topological polar surface area (TPSA) is 231 Å². The number of nitrogen functional groups attached to an aromatic ring is 1. The summed E-state index contributed by atoms with van der Waals surface area (Å²) < 4.78 is 40.1. The average Bonchev–Trinajstić information content (AvgIpc) is 4.28. The normalized spacial score (nSPS) is 23.3. The molecule has 21 heteroatoms. The quantitative estimate of drug-likeness (QED) is 0.0662. The zero-order valence-corrected chi connectivity index (χ0v) is 45.2. The molecule has 412 valence electrons. The zero-order valence-electron chi connectivity index (χ0n) is 44.4. The number of piperazine rings is 1. The number of likely N-dealkylation sites (tertiary alicyclic amines) is 2. The maximum Gasteiger partial charge on any atom is 0.254 e. The Morgan fingerprint density at radius 2 is 1.69 bits per heavy atom. The van der Waals surface area contributed by atoms with Crippen molar-refractivity contribution in [2.45, 2.75) is 127 Å². The molecule has 1 aliphatic carbocycles. The van der Waals surface area contributed by atoms with E-state index in [1.165, 1.54) is 22.3 Å². The number of rotatable bonds is 18. The van der Waals surface area contributed by atoms with Gasteiger partial charge < -0.3 is 54.7 Å². The Labute approximate surface area is 456 Å². The Morgan fingerprint density at radius 1 is 0.910 bits per heavy atom. The first-order valence-electron chi connectivity index (χ1n) is 27.3. The summed E-state index contributed by atoms with van der Waals surface area (Å²) in [7, 11) is 0. The van der Waals surface area contributed by atoms with Crippen LogP contribution in [0.15, 0.2) is 83.0 Å². The summed E-state index contributed by atoms with van der Waals surface area (Å²) in [5.41, 5.74) is 13.1. The summed E-state index contributed by atoms with van der Waals surface area (Å²) in [6, 6.07) is 18.6. The fourth-order valence-electron chi connectivity index (χ4n) is 12.0. The Kier molecular flexibility index (Phi) is 15.5. The number of aliphatic hydroxyl groups excluding tert-OH is 1. The van der Waals surface area contributed by atoms with E-state index in [1.54, 1.807) is 36.7 Å². The molecule has 1 saturated carbocycles. The number of amides is 2. The van der Waals surface area contributed by atoms with Crippen LogP contribution in [0, 0.1) is 18.7 Å². The number of carbonyl (C=O) groups excluding carboxylic acids is 2. The minimum Gasteiger partial charge on any atom is -0.507 e. The van der Waals surface area contributed by atoms with Crippen molar-refractivity contribution in [3.05, 3.63) is 101 Å². The number of ether oxygens (including phenoxy) is 3. The van der Waals surface area contributed by atoms with E-state index in [-0.39, 0.29) is 66.8 Å². The molecule has 5 fully saturated rings. The van der Waals surface area contributed by atoms with E-state index in [2.05, 4.69) is 57.5 Å². The number of fused-ring (bicyclic) bond motifs is 2. The highest BCUT2D eigenvalue weighted by Gasteiger charge is 2.45. The van der Waals surface area contributed by atoms with Gasteiger partial charge in [-0.15, -0.1) is 21.5 Å². The van der Waals surface area contributed by atoms with E-state index in [1.807, 2.05) is 51.2 Å². The van der Waals surface area contributed by atoms with E-state index in [9.17, 15) is 19.8 Å². The van der Waals surface area contributed by atoms with Crippen molar-refractivity contribution >= 4 is 40.3 Å². The number of aliphatic hydroxyl groups is 1. The third-order valence-corrected chi connectivity index (χ3v) is 17.2. The number of β-amino-alcohol motifs (C(OH)–C–C–N with tert-alkyl or cyclic N) is 1. The van der Waals surface area contributed by atoms with Crippen LogP contribution in [0.3, 0.4) is 0 Å². The van der Waals surface area contributed by atoms with Crippen LogP contribution in [0.4, 0.5) is 21.6 Å². The number of hydrogen-bond donors (Lipinski definition) is 4. The number of carbonyl (C=O) groups is 2. The predicted molar refractivity (Wildman–Crippen MR) is 292 cm³/mol. The van der Waals surface area contributed by atoms with Gasteiger partial charge in [0, 0.05) is 106 Å². The number of anilines is 3. The van der Waals surface area contributed by atoms with Crippen molar-refractivity contribution in [2.24, 2.45) is 5.92 Å². The van der Waals surface area contributed by atoms with E-state index in [4.69, 9.17) is 24.5 Å². The van der Waals surface area contributed by atoms with Crippen LogP contribution in [0.2, 0.25) is 0 Å². The van der Waals surface area contributed by atoms with Crippen LogP contribution in [-0.4, -0.2) is 146 Å². The first kappa shape index (κ1) is 53.1. The fourth-order valence-corrected chi connectivity index (χ4v) is 12.8. The maximum atomic E-state index is 15.4. The van der Waals surface area contributed by atoms with Crippen LogP contribution in [0.25, 0.3) is 21.7 Å². The molecule has 8 heterocycles. The van der Waals surface area contributed by atoms with E-state index in [0.29, 0.717) is 53.0 Å². The molecule has 5 N–H and O–H groups in total. The molecule has 0 radical (unpaired) electrons. The molecule has 11 rings (SSSR count). The number of nitrogens with zero attached hydrogens (tertiary/aromatic N) is 9. The highest BCUT2D eigenvalue weighted by molar-refractivity contribution is 7.13. The van der Waals surface area contributed by atoms with Crippen molar-refractivity contribution in [1.82, 2.24) is 40.4 Å². The molecular weight excluding hydrogens is 1020 g/mol. The van der Waals surface area contributed by atoms with Gasteiger partial charge in [0.25, 0.3) is 5.88 Å². The first-order valence-corrected chi connectivity index (χ1v) is 28.1. The summed E-state index contributed by atoms with van der Waals surface area (Å²) in [6.45, 7) is 11.7. The minimum atomic E-state index is -0.956. The maximum absolute atomic E-state index is 15.4. The zero-order chi connectivity index (χ0) is 54.2. The summed E-state index contributed by atoms with van der Waals surface area (Å²) in [5.74, 6) is -0.573. The second kappa shape index (κ2) is 22.8. The summed E-state index contributed by atoms with van der Waals surface area (Å²) in [6.07, 6.45) is 6.94. The van der Waals surface area contributed by atoms with E-state index < -0.39 is 35.8 Å². The summed E-state index contributed by atoms with van der Waals surface area (Å²) in [5, 5.41) is 36.7. The monoisotopic (exact) mass is 1090 g/mol. The molecule has 4 aromatic heterocycles. The number of benzene rings is 2. The van der Waals surface area contributed by atoms with E-state index in [0.717, 1.165) is 86.6 Å². The van der Waals surface area contributed by atoms with Crippen LogP contribution < -0.4 is 30.3 Å². The predicted octanol–water partition coefficient (Wildman–Crippen LogP) is 7.29. The Balaban J connectivity index is 0.604. The molecule has 2 bridgehead atoms. The van der Waals surface area contributed by atoms with Gasteiger partial charge in [-0.05, 0) is 86.5 Å². The van der Waals surface area contributed by atoms with Gasteiger partial charge in [0.1, 0.15) is 36.2 Å². The Morgan fingerprint density at radius 3 is 2.42 bits per heavy atom. The molecule has 2 aromatic carbocycles. The second-order valence-electron chi connectivity index (χ2n) is 21.8. The van der Waals surface area contributed by atoms with Crippen LogP contribution in [0.5, 0.6) is 17.5 Å². The van der Waals surface area contributed by atoms with Gasteiger partial charge in [-0.25, -0.2) is 14.4 Å². The lowest BCUT2D eigenvalue weighted by molar-refractivity contribution is -0.141. The smallest absolute Gasteiger partial charge is 0.254 e. The summed E-state index contributed by atoms with van der Waals surface area (Å²) >= 11 is 1.43. The van der Waals surface area contributed by atoms with Gasteiger partial charge >= 0.3 is 0 Å². The van der Waals surface area contributed by atoms with Crippen molar-refractivity contribution in [1.29, 1.82) is 0 Å². The first-order chi connectivity index (χ1) is 37.7. The van der Waals surface area contributed by atoms with Gasteiger partial charge in [0.15, 0.2) is 11.6 Å². The average molecular weight is 1090 g/mol. The number of aryl methyl sites for hydroxylation is 1. The highest BCUT2D eigenvalue weighted by Crippen LogP contribution is 2.41. The third kappa shape index (κ3) is 11.3. The van der Waals surface area contributed by atoms with Gasteiger partial charge in [-0.3, -0.25) is 14.5 Å². The second-order valence-corrected chi connectivity index (χ2v) is 22.7. The molecule has 78 heavy (non-hydrogen) atoms. The standard InChI is InChI=1S/C57H68FN11O8S/c1-32(2)53(57(73)68-30-39(70)23-48(68)56(72)62-33(3)43-12-9-35(21-45(43)58)54-34(4)61-31-78-54)50-27-52(65-77-50)74-20-19-66-17-14-40(15-18-66)75-41-24-42(25-41)76-51-22-36(13-16-60-51)69-37-10-11-38(69)29-67(28-37)47-26-46(63-64-55(47)59)44-7-5-6-8-49(44)71/h5-9,12-13,16,21-22,26-27,31-33,37-42,48,53,70-71H,10-11,14-15,17-20,23-25,28-30H2,1-4H3,(H2,59,64)(H,62,72)/t33-,37?,38?,39+,41-,42-,48-,53+/m0/s1. The van der Waals surface area contributed by atoms with Gasteiger partial charge in [0.2, 0.25) is 17.7 Å².